The van der Waals surface area contributed by atoms with Crippen LogP contribution >= 0.6 is 0 Å². The first-order valence-electron chi connectivity index (χ1n) is 7.65. The highest BCUT2D eigenvalue weighted by Crippen LogP contribution is 2.73. The average molecular weight is 280 g/mol. The molecule has 4 atom stereocenters. The fourth-order valence-electron chi connectivity index (χ4n) is 4.97. The number of hydrogen-bond acceptors (Lipinski definition) is 3. The van der Waals surface area contributed by atoms with E-state index in [1.165, 1.54) is 17.7 Å². The summed E-state index contributed by atoms with van der Waals surface area (Å²) in [6.07, 6.45) is 10.2. The highest BCUT2D eigenvalue weighted by molar-refractivity contribution is 6.06. The zero-order chi connectivity index (χ0) is 14.2. The van der Waals surface area contributed by atoms with Gasteiger partial charge in [-0.05, 0) is 41.7 Å². The van der Waals surface area contributed by atoms with Crippen LogP contribution in [0.25, 0.3) is 0 Å². The van der Waals surface area contributed by atoms with Crippen LogP contribution in [0.3, 0.4) is 0 Å². The fraction of sp³-hybridized carbons (Fsp3) is 0.471. The Labute approximate surface area is 122 Å². The highest BCUT2D eigenvalue weighted by atomic mass is 16.2. The zero-order valence-electron chi connectivity index (χ0n) is 11.6. The standard InChI is InChI=1S/C17H16N2O2/c20-15-13-11-3-4-12(17(11)5-6-17)14(13)16(21)19(15)9-10-2-1-7-18-8-10/h1-4,7-8,11-14H,5-6,9H2/t11-,12-,13-,14-/m1/s1. The third-order valence-corrected chi connectivity index (χ3v) is 6.01. The lowest BCUT2D eigenvalue weighted by Crippen LogP contribution is -2.34. The number of nitrogens with zero attached hydrogens (tertiary/aromatic N) is 2. The van der Waals surface area contributed by atoms with Crippen LogP contribution in [0.1, 0.15) is 18.4 Å². The molecule has 4 aliphatic rings. The first kappa shape index (κ1) is 11.7. The monoisotopic (exact) mass is 280 g/mol. The predicted octanol–water partition coefficient (Wildman–Crippen LogP) is 1.78. The van der Waals surface area contributed by atoms with Crippen LogP contribution in [0.5, 0.6) is 0 Å². The van der Waals surface area contributed by atoms with Gasteiger partial charge in [-0.2, -0.15) is 0 Å². The van der Waals surface area contributed by atoms with Gasteiger partial charge in [-0.25, -0.2) is 0 Å². The van der Waals surface area contributed by atoms with E-state index in [2.05, 4.69) is 17.1 Å². The second kappa shape index (κ2) is 3.62. The van der Waals surface area contributed by atoms with Gasteiger partial charge in [0.1, 0.15) is 0 Å². The molecule has 4 heteroatoms. The number of hydrogen-bond donors (Lipinski definition) is 0. The van der Waals surface area contributed by atoms with Crippen LogP contribution in [-0.2, 0) is 16.1 Å². The Kier molecular flexibility index (Phi) is 2.01. The van der Waals surface area contributed by atoms with E-state index in [1.807, 2.05) is 12.1 Å². The minimum atomic E-state index is -0.0910. The Hall–Kier alpha value is -1.97. The van der Waals surface area contributed by atoms with Gasteiger partial charge in [0.15, 0.2) is 0 Å². The van der Waals surface area contributed by atoms with Crippen molar-refractivity contribution in [1.82, 2.24) is 9.88 Å². The lowest BCUT2D eigenvalue weighted by atomic mass is 9.85. The summed E-state index contributed by atoms with van der Waals surface area (Å²) in [5, 5.41) is 0. The summed E-state index contributed by atoms with van der Waals surface area (Å²) in [7, 11) is 0. The molecule has 21 heavy (non-hydrogen) atoms. The summed E-state index contributed by atoms with van der Waals surface area (Å²) in [5.74, 6) is 0.512. The van der Waals surface area contributed by atoms with E-state index in [0.29, 0.717) is 18.4 Å². The molecule has 1 saturated heterocycles. The van der Waals surface area contributed by atoms with E-state index < -0.39 is 0 Å². The second-order valence-corrected chi connectivity index (χ2v) is 6.85. The number of aromatic nitrogens is 1. The Morgan fingerprint density at radius 2 is 1.81 bits per heavy atom. The number of allylic oxidation sites excluding steroid dienone is 2. The van der Waals surface area contributed by atoms with Crippen molar-refractivity contribution in [3.63, 3.8) is 0 Å². The summed E-state index contributed by atoms with van der Waals surface area (Å²) in [6, 6.07) is 3.75. The Bertz CT molecular complexity index is 643. The normalized spacial score (nSPS) is 37.6. The topological polar surface area (TPSA) is 50.3 Å². The molecule has 106 valence electrons. The number of amides is 2. The molecule has 2 bridgehead atoms. The lowest BCUT2D eigenvalue weighted by molar-refractivity contribution is -0.141. The van der Waals surface area contributed by atoms with Gasteiger partial charge >= 0.3 is 0 Å². The van der Waals surface area contributed by atoms with E-state index in [9.17, 15) is 9.59 Å². The van der Waals surface area contributed by atoms with Crippen LogP contribution in [0.15, 0.2) is 36.7 Å². The Balaban J connectivity index is 1.48. The van der Waals surface area contributed by atoms with E-state index in [4.69, 9.17) is 0 Å². The smallest absolute Gasteiger partial charge is 0.234 e. The van der Waals surface area contributed by atoms with Gasteiger partial charge in [-0.1, -0.05) is 18.2 Å². The van der Waals surface area contributed by atoms with E-state index >= 15 is 0 Å². The minimum Gasteiger partial charge on any atom is -0.278 e. The van der Waals surface area contributed by atoms with Gasteiger partial charge in [-0.3, -0.25) is 19.5 Å². The molecule has 5 rings (SSSR count). The number of imide groups is 1. The summed E-state index contributed by atoms with van der Waals surface area (Å²) < 4.78 is 0. The summed E-state index contributed by atoms with van der Waals surface area (Å²) in [4.78, 5) is 31.0. The number of likely N-dealkylation sites (tertiary alicyclic amines) is 1. The van der Waals surface area contributed by atoms with Gasteiger partial charge < -0.3 is 0 Å². The quantitative estimate of drug-likeness (QED) is 0.613. The third-order valence-electron chi connectivity index (χ3n) is 6.01. The second-order valence-electron chi connectivity index (χ2n) is 6.85. The van der Waals surface area contributed by atoms with Crippen LogP contribution in [-0.4, -0.2) is 21.7 Å². The van der Waals surface area contributed by atoms with Gasteiger partial charge in [-0.15, -0.1) is 0 Å². The van der Waals surface area contributed by atoms with Gasteiger partial charge in [0.25, 0.3) is 0 Å². The molecule has 0 aromatic carbocycles. The van der Waals surface area contributed by atoms with Crippen molar-refractivity contribution in [3.05, 3.63) is 42.2 Å². The summed E-state index contributed by atoms with van der Waals surface area (Å²) in [5.41, 5.74) is 1.20. The number of carbonyl (C=O) groups is 2. The van der Waals surface area contributed by atoms with Crippen molar-refractivity contribution in [1.29, 1.82) is 0 Å². The van der Waals surface area contributed by atoms with E-state index in [-0.39, 0.29) is 29.1 Å². The van der Waals surface area contributed by atoms with Crippen molar-refractivity contribution >= 4 is 11.8 Å². The molecular formula is C17H16N2O2. The van der Waals surface area contributed by atoms with Gasteiger partial charge in [0.2, 0.25) is 11.8 Å². The molecule has 0 N–H and O–H groups in total. The molecule has 0 unspecified atom stereocenters. The molecule has 1 spiro atoms. The molecule has 2 saturated carbocycles. The average Bonchev–Trinajstić information content (AvgIpc) is 3.11. The number of rotatable bonds is 2. The number of fused-ring (bicyclic) bond motifs is 3. The lowest BCUT2D eigenvalue weighted by Gasteiger charge is -2.21. The fourth-order valence-corrected chi connectivity index (χ4v) is 4.97. The highest BCUT2D eigenvalue weighted by Gasteiger charge is 2.73. The molecule has 1 aromatic rings. The first-order valence-corrected chi connectivity index (χ1v) is 7.65. The van der Waals surface area contributed by atoms with Crippen LogP contribution < -0.4 is 0 Å². The van der Waals surface area contributed by atoms with Crippen LogP contribution in [0.4, 0.5) is 0 Å². The largest absolute Gasteiger partial charge is 0.278 e. The molecule has 1 aromatic heterocycles. The molecule has 2 amide bonds. The van der Waals surface area contributed by atoms with Crippen LogP contribution in [0, 0.1) is 29.1 Å². The van der Waals surface area contributed by atoms with Gasteiger partial charge in [0.05, 0.1) is 18.4 Å². The summed E-state index contributed by atoms with van der Waals surface area (Å²) in [6.45, 7) is 0.366. The molecular weight excluding hydrogens is 264 g/mol. The zero-order valence-corrected chi connectivity index (χ0v) is 11.6. The molecule has 1 aliphatic heterocycles. The Morgan fingerprint density at radius 3 is 2.33 bits per heavy atom. The van der Waals surface area contributed by atoms with Gasteiger partial charge in [0, 0.05) is 12.4 Å². The van der Waals surface area contributed by atoms with E-state index in [1.54, 1.807) is 12.4 Å². The maximum atomic E-state index is 12.8. The minimum absolute atomic E-state index is 0.0389. The SMILES string of the molecule is O=C1[C@H]2[C@H](C(=O)N1Cc1cccnc1)[C@H]1C=C[C@H]2C12CC2. The maximum absolute atomic E-state index is 12.8. The molecule has 3 aliphatic carbocycles. The molecule has 4 nitrogen and oxygen atoms in total. The molecule has 0 radical (unpaired) electrons. The van der Waals surface area contributed by atoms with Crippen molar-refractivity contribution in [2.24, 2.45) is 29.1 Å². The van der Waals surface area contributed by atoms with Crippen molar-refractivity contribution in [3.8, 4) is 0 Å². The molecule has 3 fully saturated rings. The predicted molar refractivity (Wildman–Crippen MR) is 74.6 cm³/mol. The van der Waals surface area contributed by atoms with E-state index in [0.717, 1.165) is 5.56 Å². The maximum Gasteiger partial charge on any atom is 0.234 e. The first-order chi connectivity index (χ1) is 10.2. The Morgan fingerprint density at radius 1 is 1.14 bits per heavy atom. The van der Waals surface area contributed by atoms with Crippen LogP contribution in [0.2, 0.25) is 0 Å². The third kappa shape index (κ3) is 1.29. The number of carbonyl (C=O) groups excluding carboxylic acids is 2. The summed E-state index contributed by atoms with van der Waals surface area (Å²) >= 11 is 0. The number of pyridine rings is 1. The van der Waals surface area contributed by atoms with Crippen molar-refractivity contribution < 1.29 is 9.59 Å². The molecule has 2 heterocycles. The van der Waals surface area contributed by atoms with Crippen molar-refractivity contribution in [2.75, 3.05) is 0 Å². The van der Waals surface area contributed by atoms with Crippen molar-refractivity contribution in [2.45, 2.75) is 19.4 Å².